The third-order valence-electron chi connectivity index (χ3n) is 5.86. The Hall–Kier alpha value is -3.44. The molecule has 1 atom stereocenters. The van der Waals surface area contributed by atoms with Crippen molar-refractivity contribution in [3.63, 3.8) is 0 Å². The van der Waals surface area contributed by atoms with Gasteiger partial charge in [0.05, 0.1) is 10.4 Å². The van der Waals surface area contributed by atoms with Crippen LogP contribution in [0.1, 0.15) is 25.3 Å². The van der Waals surface area contributed by atoms with Gasteiger partial charge in [-0.1, -0.05) is 31.0 Å². The number of piperazine rings is 1. The predicted octanol–water partition coefficient (Wildman–Crippen LogP) is 2.78. The van der Waals surface area contributed by atoms with Gasteiger partial charge >= 0.3 is 6.03 Å². The number of urea groups is 1. The van der Waals surface area contributed by atoms with Crippen molar-refractivity contribution in [3.05, 3.63) is 59.4 Å². The quantitative estimate of drug-likeness (QED) is 0.513. The van der Waals surface area contributed by atoms with E-state index in [1.807, 2.05) is 25.1 Å². The predicted molar refractivity (Wildman–Crippen MR) is 132 cm³/mol. The van der Waals surface area contributed by atoms with E-state index in [4.69, 9.17) is 17.3 Å². The van der Waals surface area contributed by atoms with Crippen molar-refractivity contribution in [2.24, 2.45) is 0 Å². The number of sulfonamides is 1. The molecule has 0 radical (unpaired) electrons. The van der Waals surface area contributed by atoms with Gasteiger partial charge in [-0.15, -0.1) is 0 Å². The maximum absolute atomic E-state index is 13.3. The smallest absolute Gasteiger partial charge is 0.332 e. The molecule has 0 saturated carbocycles. The Kier molecular flexibility index (Phi) is 7.08. The molecule has 4 rings (SSSR count). The molecule has 3 N–H and O–H groups in total. The van der Waals surface area contributed by atoms with E-state index in [0.717, 1.165) is 10.9 Å². The van der Waals surface area contributed by atoms with Crippen molar-refractivity contribution in [3.8, 4) is 0 Å². The van der Waals surface area contributed by atoms with Crippen molar-refractivity contribution >= 4 is 50.3 Å². The lowest BCUT2D eigenvalue weighted by Crippen LogP contribution is -2.60. The molecule has 0 spiro atoms. The number of nitrogens with one attached hydrogen (secondary N) is 1. The summed E-state index contributed by atoms with van der Waals surface area (Å²) in [5.41, 5.74) is 7.43. The monoisotopic (exact) mass is 516 g/mol. The summed E-state index contributed by atoms with van der Waals surface area (Å²) in [7, 11) is -4.11. The zero-order valence-electron chi connectivity index (χ0n) is 19.0. The topological polar surface area (TPSA) is 139 Å². The van der Waals surface area contributed by atoms with Crippen LogP contribution < -0.4 is 10.5 Å². The van der Waals surface area contributed by atoms with E-state index in [2.05, 4.69) is 14.7 Å². The average molecular weight is 517 g/mol. The summed E-state index contributed by atoms with van der Waals surface area (Å²) in [6.45, 7) is 2.69. The zero-order chi connectivity index (χ0) is 25.2. The molecule has 1 aromatic heterocycles. The van der Waals surface area contributed by atoms with Crippen LogP contribution in [0.15, 0.2) is 53.7 Å². The summed E-state index contributed by atoms with van der Waals surface area (Å²) in [6, 6.07) is 9.41. The Morgan fingerprint density at radius 2 is 1.91 bits per heavy atom. The number of nitrogen functional groups attached to an aromatic ring is 1. The molecule has 3 aromatic rings. The molecule has 12 heteroatoms. The number of nitrogens with two attached hydrogens (primary N) is 1. The number of carbonyl (C=O) groups excluding carboxylic acids is 2. The van der Waals surface area contributed by atoms with E-state index in [-0.39, 0.29) is 23.9 Å². The lowest BCUT2D eigenvalue weighted by Gasteiger charge is -2.40. The second-order valence-corrected chi connectivity index (χ2v) is 10.4. The molecular formula is C23H25ClN6O4S. The van der Waals surface area contributed by atoms with E-state index in [0.29, 0.717) is 35.7 Å². The van der Waals surface area contributed by atoms with Crippen molar-refractivity contribution in [2.45, 2.75) is 37.2 Å². The van der Waals surface area contributed by atoms with Gasteiger partial charge in [0.25, 0.3) is 10.0 Å². The van der Waals surface area contributed by atoms with Gasteiger partial charge in [-0.05, 0) is 48.4 Å². The molecule has 2 aromatic carbocycles. The first-order valence-electron chi connectivity index (χ1n) is 11.1. The fourth-order valence-corrected chi connectivity index (χ4v) is 5.17. The van der Waals surface area contributed by atoms with E-state index >= 15 is 0 Å². The number of halogens is 1. The number of amides is 3. The molecule has 10 nitrogen and oxygen atoms in total. The number of hydrogen-bond acceptors (Lipinski definition) is 7. The Bertz CT molecular complexity index is 1370. The summed E-state index contributed by atoms with van der Waals surface area (Å²) >= 11 is 5.82. The van der Waals surface area contributed by atoms with Crippen LogP contribution in [0.3, 0.4) is 0 Å². The van der Waals surface area contributed by atoms with Crippen LogP contribution in [0, 0.1) is 0 Å². The summed E-state index contributed by atoms with van der Waals surface area (Å²) in [5, 5.41) is 1.11. The highest BCUT2D eigenvalue weighted by atomic mass is 35.5. The fraction of sp³-hybridized carbons (Fsp3) is 0.304. The normalized spacial score (nSPS) is 16.5. The first-order chi connectivity index (χ1) is 16.7. The Morgan fingerprint density at radius 3 is 2.63 bits per heavy atom. The molecule has 0 bridgehead atoms. The third kappa shape index (κ3) is 5.30. The Morgan fingerprint density at radius 1 is 1.17 bits per heavy atom. The standard InChI is InChI=1S/C23H25ClN6O4S/c1-2-3-20-22(31)29(13-15-4-9-18-19(12-15)26-14-27-21(18)25)10-11-30(20)23(32)28-35(33,34)17-7-5-16(24)6-8-17/h4-9,12,14,20H,2-3,10-11,13H2,1H3,(H,28,32)(H2,25,26,27). The largest absolute Gasteiger partial charge is 0.383 e. The molecule has 1 aliphatic heterocycles. The molecule has 184 valence electrons. The minimum atomic E-state index is -4.11. The first-order valence-corrected chi connectivity index (χ1v) is 12.9. The second kappa shape index (κ2) is 10.0. The number of anilines is 1. The molecule has 1 saturated heterocycles. The van der Waals surface area contributed by atoms with Crippen LogP contribution in [0.5, 0.6) is 0 Å². The number of aromatic nitrogens is 2. The van der Waals surface area contributed by atoms with Crippen LogP contribution in [0.4, 0.5) is 10.6 Å². The molecule has 3 amide bonds. The second-order valence-electron chi connectivity index (χ2n) is 8.23. The fourth-order valence-electron chi connectivity index (χ4n) is 4.08. The minimum absolute atomic E-state index is 0.0898. The number of rotatable bonds is 6. The van der Waals surface area contributed by atoms with Gasteiger partial charge in [-0.2, -0.15) is 0 Å². The van der Waals surface area contributed by atoms with Gasteiger partial charge in [0, 0.05) is 30.0 Å². The Balaban J connectivity index is 1.49. The Labute approximate surface area is 208 Å². The molecule has 1 unspecified atom stereocenters. The van der Waals surface area contributed by atoms with Crippen LogP contribution in [-0.4, -0.2) is 59.3 Å². The van der Waals surface area contributed by atoms with E-state index < -0.39 is 22.1 Å². The maximum atomic E-state index is 13.3. The van der Waals surface area contributed by atoms with E-state index in [1.54, 1.807) is 4.90 Å². The highest BCUT2D eigenvalue weighted by molar-refractivity contribution is 7.90. The number of nitrogens with zero attached hydrogens (tertiary/aromatic N) is 4. The van der Waals surface area contributed by atoms with Gasteiger partial charge < -0.3 is 15.5 Å². The van der Waals surface area contributed by atoms with Crippen molar-refractivity contribution in [1.82, 2.24) is 24.5 Å². The summed E-state index contributed by atoms with van der Waals surface area (Å²) < 4.78 is 27.4. The van der Waals surface area contributed by atoms with Gasteiger partial charge in [0.1, 0.15) is 18.2 Å². The molecule has 1 fully saturated rings. The molecule has 0 aliphatic carbocycles. The van der Waals surface area contributed by atoms with Crippen LogP contribution >= 0.6 is 11.6 Å². The minimum Gasteiger partial charge on any atom is -0.383 e. The average Bonchev–Trinajstić information content (AvgIpc) is 2.82. The van der Waals surface area contributed by atoms with E-state index in [1.165, 1.54) is 35.5 Å². The van der Waals surface area contributed by atoms with Crippen molar-refractivity contribution < 1.29 is 18.0 Å². The van der Waals surface area contributed by atoms with Crippen LogP contribution in [-0.2, 0) is 21.4 Å². The molecule has 2 heterocycles. The first kappa shape index (κ1) is 24.7. The highest BCUT2D eigenvalue weighted by Gasteiger charge is 2.38. The molecular weight excluding hydrogens is 492 g/mol. The van der Waals surface area contributed by atoms with Crippen LogP contribution in [0.2, 0.25) is 5.02 Å². The van der Waals surface area contributed by atoms with Gasteiger partial charge in [0.2, 0.25) is 5.91 Å². The lowest BCUT2D eigenvalue weighted by atomic mass is 10.0. The van der Waals surface area contributed by atoms with Gasteiger partial charge in [-0.25, -0.2) is 27.9 Å². The summed E-state index contributed by atoms with van der Waals surface area (Å²) in [5.74, 6) is 0.147. The third-order valence-corrected chi connectivity index (χ3v) is 7.45. The van der Waals surface area contributed by atoms with E-state index in [9.17, 15) is 18.0 Å². The van der Waals surface area contributed by atoms with Crippen molar-refractivity contribution in [1.29, 1.82) is 0 Å². The number of hydrogen-bond donors (Lipinski definition) is 2. The van der Waals surface area contributed by atoms with Crippen LogP contribution in [0.25, 0.3) is 10.9 Å². The lowest BCUT2D eigenvalue weighted by molar-refractivity contribution is -0.141. The number of fused-ring (bicyclic) bond motifs is 1. The maximum Gasteiger partial charge on any atom is 0.332 e. The summed E-state index contributed by atoms with van der Waals surface area (Å²) in [4.78, 5) is 37.4. The summed E-state index contributed by atoms with van der Waals surface area (Å²) in [6.07, 6.45) is 2.44. The zero-order valence-corrected chi connectivity index (χ0v) is 20.6. The van der Waals surface area contributed by atoms with Gasteiger partial charge in [-0.3, -0.25) is 4.79 Å². The highest BCUT2D eigenvalue weighted by Crippen LogP contribution is 2.22. The van der Waals surface area contributed by atoms with Gasteiger partial charge in [0.15, 0.2) is 0 Å². The number of benzene rings is 2. The number of carbonyl (C=O) groups is 2. The van der Waals surface area contributed by atoms with Crippen molar-refractivity contribution in [2.75, 3.05) is 18.8 Å². The SMILES string of the molecule is CCCC1C(=O)N(Cc2ccc3c(N)ncnc3c2)CCN1C(=O)NS(=O)(=O)c1ccc(Cl)cc1. The molecule has 1 aliphatic rings. The molecule has 35 heavy (non-hydrogen) atoms.